The molecule has 5 rings (SSSR count). The molecule has 0 spiro atoms. The van der Waals surface area contributed by atoms with Crippen molar-refractivity contribution in [3.05, 3.63) is 35.8 Å². The topological polar surface area (TPSA) is 97.1 Å². The monoisotopic (exact) mass is 452 g/mol. The molecule has 170 valence electrons. The van der Waals surface area contributed by atoms with E-state index in [1.165, 1.54) is 6.20 Å². The fraction of sp³-hybridized carbons (Fsp3) is 0.476. The van der Waals surface area contributed by atoms with E-state index in [1.807, 2.05) is 0 Å². The summed E-state index contributed by atoms with van der Waals surface area (Å²) in [6, 6.07) is -1.20. The summed E-state index contributed by atoms with van der Waals surface area (Å²) in [6.07, 6.45) is 1.79. The number of aliphatic hydroxyl groups excluding tert-OH is 1. The Morgan fingerprint density at radius 1 is 1.16 bits per heavy atom. The first-order chi connectivity index (χ1) is 17.0. The van der Waals surface area contributed by atoms with Crippen LogP contribution in [0.15, 0.2) is 18.3 Å². The smallest absolute Gasteiger partial charge is 0.224 e. The zero-order valence-corrected chi connectivity index (χ0v) is 16.8. The van der Waals surface area contributed by atoms with E-state index in [-0.39, 0.29) is 35.2 Å². The third-order valence-corrected chi connectivity index (χ3v) is 5.49. The lowest BCUT2D eigenvalue weighted by Gasteiger charge is -2.26. The molecule has 1 aliphatic carbocycles. The molecular weight excluding hydrogens is 425 g/mol. The molecule has 0 amide bonds. The standard InChI is InChI=1S/C21H23F3N6O2/c22-11-7-15(23)18(16(24)8-11)28-21-27-17-9-25-20(26-12-1-3-14(31)4-2-12)29-19(17)30(21)13-5-6-32-10-13/h7-9,12-14,31H,1-6,10H2,(H,27,28)(H,25,26,29)/i5D,6D2,13D. The van der Waals surface area contributed by atoms with Crippen molar-refractivity contribution in [3.63, 3.8) is 0 Å². The number of ether oxygens (including phenoxy) is 1. The maximum Gasteiger partial charge on any atom is 0.224 e. The van der Waals surface area contributed by atoms with Gasteiger partial charge in [-0.3, -0.25) is 4.57 Å². The minimum absolute atomic E-state index is 0.00215. The van der Waals surface area contributed by atoms with Gasteiger partial charge >= 0.3 is 0 Å². The van der Waals surface area contributed by atoms with Gasteiger partial charge < -0.3 is 20.5 Å². The summed E-state index contributed by atoms with van der Waals surface area (Å²) in [5.41, 5.74) is -0.634. The van der Waals surface area contributed by atoms with Gasteiger partial charge in [0.05, 0.1) is 29.0 Å². The first-order valence-corrected chi connectivity index (χ1v) is 10.2. The van der Waals surface area contributed by atoms with E-state index < -0.39 is 48.7 Å². The molecule has 11 heteroatoms. The average molecular weight is 452 g/mol. The highest BCUT2D eigenvalue weighted by Crippen LogP contribution is 2.32. The van der Waals surface area contributed by atoms with Gasteiger partial charge in [0.15, 0.2) is 17.3 Å². The summed E-state index contributed by atoms with van der Waals surface area (Å²) in [5, 5.41) is 15.3. The Morgan fingerprint density at radius 2 is 1.91 bits per heavy atom. The number of aromatic nitrogens is 4. The van der Waals surface area contributed by atoms with Gasteiger partial charge in [0.1, 0.15) is 17.0 Å². The molecule has 1 saturated carbocycles. The Morgan fingerprint density at radius 3 is 2.59 bits per heavy atom. The van der Waals surface area contributed by atoms with Crippen molar-refractivity contribution >= 4 is 28.7 Å². The number of nitrogens with zero attached hydrogens (tertiary/aromatic N) is 4. The molecule has 3 heterocycles. The van der Waals surface area contributed by atoms with Crippen LogP contribution in [0, 0.1) is 17.5 Å². The number of benzene rings is 1. The van der Waals surface area contributed by atoms with Crippen LogP contribution < -0.4 is 10.6 Å². The third kappa shape index (κ3) is 4.09. The fourth-order valence-electron chi connectivity index (χ4n) is 3.87. The van der Waals surface area contributed by atoms with Crippen LogP contribution in [-0.2, 0) is 4.74 Å². The van der Waals surface area contributed by atoms with Crippen LogP contribution >= 0.6 is 0 Å². The molecule has 0 radical (unpaired) electrons. The molecule has 8 nitrogen and oxygen atoms in total. The third-order valence-electron chi connectivity index (χ3n) is 5.49. The van der Waals surface area contributed by atoms with E-state index in [0.29, 0.717) is 37.8 Å². The number of hydrogen-bond donors (Lipinski definition) is 3. The Kier molecular flexibility index (Phi) is 4.45. The van der Waals surface area contributed by atoms with Crippen molar-refractivity contribution in [2.45, 2.75) is 50.2 Å². The number of rotatable bonds is 5. The Hall–Kier alpha value is -2.92. The number of aliphatic hydroxyl groups is 1. The molecule has 2 aromatic heterocycles. The first-order valence-electron chi connectivity index (χ1n) is 12.2. The molecule has 1 aromatic carbocycles. The zero-order valence-electron chi connectivity index (χ0n) is 20.8. The lowest BCUT2D eigenvalue weighted by molar-refractivity contribution is 0.126. The molecule has 2 aliphatic rings. The van der Waals surface area contributed by atoms with Gasteiger partial charge in [-0.25, -0.2) is 23.1 Å². The van der Waals surface area contributed by atoms with Crippen molar-refractivity contribution in [1.82, 2.24) is 19.5 Å². The predicted octanol–water partition coefficient (Wildman–Crippen LogP) is 3.66. The average Bonchev–Trinajstić information content (AvgIpc) is 3.28. The second-order valence-corrected chi connectivity index (χ2v) is 7.73. The van der Waals surface area contributed by atoms with E-state index in [0.717, 1.165) is 4.57 Å². The summed E-state index contributed by atoms with van der Waals surface area (Å²) >= 11 is 0. The minimum Gasteiger partial charge on any atom is -0.393 e. The van der Waals surface area contributed by atoms with Crippen LogP contribution in [0.1, 0.15) is 43.6 Å². The van der Waals surface area contributed by atoms with Gasteiger partial charge in [0.2, 0.25) is 11.9 Å². The van der Waals surface area contributed by atoms with Crippen LogP contribution in [0.4, 0.5) is 30.8 Å². The van der Waals surface area contributed by atoms with Gasteiger partial charge in [0, 0.05) is 26.1 Å². The lowest BCUT2D eigenvalue weighted by atomic mass is 9.93. The molecule has 2 atom stereocenters. The van der Waals surface area contributed by atoms with E-state index in [9.17, 15) is 18.3 Å². The largest absolute Gasteiger partial charge is 0.393 e. The Labute approximate surface area is 187 Å². The quantitative estimate of drug-likeness (QED) is 0.544. The molecule has 32 heavy (non-hydrogen) atoms. The van der Waals surface area contributed by atoms with Gasteiger partial charge in [-0.05, 0) is 32.1 Å². The summed E-state index contributed by atoms with van der Waals surface area (Å²) in [6.45, 7) is -3.06. The van der Waals surface area contributed by atoms with Gasteiger partial charge in [0.25, 0.3) is 0 Å². The number of hydrogen-bond acceptors (Lipinski definition) is 7. The van der Waals surface area contributed by atoms with Crippen molar-refractivity contribution < 1.29 is 28.5 Å². The van der Waals surface area contributed by atoms with Gasteiger partial charge in [-0.1, -0.05) is 0 Å². The zero-order chi connectivity index (χ0) is 25.8. The second kappa shape index (κ2) is 8.55. The molecule has 3 N–H and O–H groups in total. The SMILES string of the molecule is [2H]C1C([2H])([2H])OCC1([2H])n1c(Nc2c(F)cc(F)cc2F)nc2cnc(NC3CCC(O)CC3)nc21. The molecular formula is C21H23F3N6O2. The van der Waals surface area contributed by atoms with Gasteiger partial charge in [-0.15, -0.1) is 0 Å². The number of anilines is 3. The Balaban J connectivity index is 1.60. The molecule has 2 unspecified atom stereocenters. The fourth-order valence-corrected chi connectivity index (χ4v) is 3.87. The van der Waals surface area contributed by atoms with E-state index in [1.54, 1.807) is 0 Å². The van der Waals surface area contributed by atoms with Crippen LogP contribution in [0.2, 0.25) is 0 Å². The highest BCUT2D eigenvalue weighted by atomic mass is 19.1. The molecule has 0 bridgehead atoms. The summed E-state index contributed by atoms with van der Waals surface area (Å²) in [7, 11) is 0. The highest BCUT2D eigenvalue weighted by molar-refractivity contribution is 5.76. The number of imidazole rings is 1. The number of nitrogens with one attached hydrogen (secondary N) is 2. The van der Waals surface area contributed by atoms with Crippen molar-refractivity contribution in [2.24, 2.45) is 0 Å². The van der Waals surface area contributed by atoms with Crippen molar-refractivity contribution in [1.29, 1.82) is 0 Å². The summed E-state index contributed by atoms with van der Waals surface area (Å²) in [5.74, 6) is -3.78. The van der Waals surface area contributed by atoms with E-state index in [2.05, 4.69) is 25.6 Å². The Bertz CT molecular complexity index is 1280. The molecule has 1 saturated heterocycles. The van der Waals surface area contributed by atoms with Gasteiger partial charge in [-0.2, -0.15) is 4.98 Å². The molecule has 2 fully saturated rings. The van der Waals surface area contributed by atoms with Crippen LogP contribution in [-0.4, -0.2) is 49.9 Å². The van der Waals surface area contributed by atoms with Crippen LogP contribution in [0.3, 0.4) is 0 Å². The van der Waals surface area contributed by atoms with Crippen molar-refractivity contribution in [3.8, 4) is 0 Å². The highest BCUT2D eigenvalue weighted by Gasteiger charge is 2.27. The summed E-state index contributed by atoms with van der Waals surface area (Å²) in [4.78, 5) is 12.9. The normalized spacial score (nSPS) is 31.6. The minimum atomic E-state index is -2.49. The van der Waals surface area contributed by atoms with E-state index >= 15 is 0 Å². The molecule has 1 aliphatic heterocycles. The maximum absolute atomic E-state index is 14.4. The van der Waals surface area contributed by atoms with Crippen molar-refractivity contribution in [2.75, 3.05) is 23.8 Å². The van der Waals surface area contributed by atoms with E-state index in [4.69, 9.17) is 10.2 Å². The number of halogens is 3. The predicted molar refractivity (Wildman–Crippen MR) is 111 cm³/mol. The van der Waals surface area contributed by atoms with Crippen LogP contribution in [0.25, 0.3) is 11.2 Å². The maximum atomic E-state index is 14.4. The second-order valence-electron chi connectivity index (χ2n) is 7.73. The summed E-state index contributed by atoms with van der Waals surface area (Å²) < 4.78 is 81.5. The number of fused-ring (bicyclic) bond motifs is 1. The lowest BCUT2D eigenvalue weighted by Crippen LogP contribution is -2.29. The molecule has 3 aromatic rings. The van der Waals surface area contributed by atoms with Crippen LogP contribution in [0.5, 0.6) is 0 Å². The first kappa shape index (κ1) is 16.7.